The Hall–Kier alpha value is -3.05. The van der Waals surface area contributed by atoms with Gasteiger partial charge in [-0.15, -0.1) is 0 Å². The van der Waals surface area contributed by atoms with E-state index in [2.05, 4.69) is 29.2 Å². The van der Waals surface area contributed by atoms with E-state index in [0.717, 1.165) is 32.4 Å². The van der Waals surface area contributed by atoms with Crippen molar-refractivity contribution in [3.63, 3.8) is 0 Å². The third-order valence-corrected chi connectivity index (χ3v) is 5.10. The molecule has 1 aliphatic rings. The van der Waals surface area contributed by atoms with Crippen molar-refractivity contribution in [2.24, 2.45) is 0 Å². The van der Waals surface area contributed by atoms with Crippen molar-refractivity contribution in [3.8, 4) is 0 Å². The van der Waals surface area contributed by atoms with Crippen LogP contribution < -0.4 is 0 Å². The Morgan fingerprint density at radius 3 is 2.41 bits per heavy atom. The average molecular weight is 390 g/mol. The lowest BCUT2D eigenvalue weighted by molar-refractivity contribution is -0.125. The van der Waals surface area contributed by atoms with Gasteiger partial charge in [-0.2, -0.15) is 0 Å². The minimum absolute atomic E-state index is 0.00286. The first-order valence-electron chi connectivity index (χ1n) is 9.96. The van der Waals surface area contributed by atoms with Crippen LogP contribution in [0.2, 0.25) is 0 Å². The first-order valence-corrected chi connectivity index (χ1v) is 9.96. The number of carbonyl (C=O) groups excluding carboxylic acids is 2. The van der Waals surface area contributed by atoms with Crippen molar-refractivity contribution >= 4 is 23.8 Å². The van der Waals surface area contributed by atoms with Gasteiger partial charge >= 0.3 is 0 Å². The lowest BCUT2D eigenvalue weighted by Gasteiger charge is -2.19. The van der Waals surface area contributed by atoms with Crippen LogP contribution >= 0.6 is 0 Å². The third kappa shape index (κ3) is 6.22. The van der Waals surface area contributed by atoms with E-state index in [9.17, 15) is 9.59 Å². The monoisotopic (exact) mass is 390 g/mol. The minimum Gasteiger partial charge on any atom is -0.388 e. The quantitative estimate of drug-likeness (QED) is 0.767. The fourth-order valence-electron chi connectivity index (χ4n) is 3.52. The fourth-order valence-corrected chi connectivity index (χ4v) is 3.52. The molecule has 5 nitrogen and oxygen atoms in total. The largest absolute Gasteiger partial charge is 0.388 e. The maximum atomic E-state index is 12.6. The van der Waals surface area contributed by atoms with E-state index in [0.29, 0.717) is 17.3 Å². The Bertz CT molecular complexity index is 890. The highest BCUT2D eigenvalue weighted by atomic mass is 16.3. The first-order chi connectivity index (χ1) is 14.2. The Balaban J connectivity index is 1.59. The smallest absolute Gasteiger partial charge is 0.246 e. The van der Waals surface area contributed by atoms with Gasteiger partial charge in [-0.25, -0.2) is 4.98 Å². The minimum atomic E-state index is -0.522. The van der Waals surface area contributed by atoms with Gasteiger partial charge in [-0.3, -0.25) is 9.59 Å². The van der Waals surface area contributed by atoms with Crippen LogP contribution in [0.5, 0.6) is 0 Å². The number of aromatic nitrogens is 1. The molecular weight excluding hydrogens is 364 g/mol. The molecule has 5 heteroatoms. The van der Waals surface area contributed by atoms with Gasteiger partial charge in [0.1, 0.15) is 6.61 Å². The van der Waals surface area contributed by atoms with E-state index in [1.54, 1.807) is 24.3 Å². The summed E-state index contributed by atoms with van der Waals surface area (Å²) in [6.45, 7) is 1.000. The molecule has 1 N–H and O–H groups in total. The normalized spacial score (nSPS) is 17.6. The van der Waals surface area contributed by atoms with E-state index in [-0.39, 0.29) is 11.7 Å². The summed E-state index contributed by atoms with van der Waals surface area (Å²) in [5.41, 5.74) is 2.60. The molecule has 1 atom stereocenters. The molecule has 29 heavy (non-hydrogen) atoms. The van der Waals surface area contributed by atoms with Crippen LogP contribution in [0.15, 0.2) is 60.7 Å². The predicted octanol–water partition coefficient (Wildman–Crippen LogP) is 3.47. The van der Waals surface area contributed by atoms with Gasteiger partial charge in [0.25, 0.3) is 0 Å². The molecule has 0 radical (unpaired) electrons. The van der Waals surface area contributed by atoms with Gasteiger partial charge in [0.15, 0.2) is 5.78 Å². The van der Waals surface area contributed by atoms with Crippen molar-refractivity contribution < 1.29 is 14.7 Å². The SMILES string of the molecule is O=C(/C=C/c1cccc(/C=C/C(=O)N2CCCC(c3ccccc3)CC2)n1)CO. The van der Waals surface area contributed by atoms with Crippen LogP contribution in [-0.2, 0) is 9.59 Å². The lowest BCUT2D eigenvalue weighted by Crippen LogP contribution is -2.30. The molecule has 0 spiro atoms. The van der Waals surface area contributed by atoms with Crippen molar-refractivity contribution in [1.82, 2.24) is 9.88 Å². The number of rotatable bonds is 6. The molecule has 1 fully saturated rings. The standard InChI is InChI=1S/C24H26N2O3/c27-18-23(28)13-11-21-9-4-10-22(25-21)12-14-24(29)26-16-5-8-20(15-17-26)19-6-2-1-3-7-19/h1-4,6-7,9-14,20,27H,5,8,15-18H2/b13-11+,14-12+. The zero-order valence-electron chi connectivity index (χ0n) is 16.4. The molecule has 0 aliphatic carbocycles. The van der Waals surface area contributed by atoms with Crippen molar-refractivity contribution in [2.45, 2.75) is 25.2 Å². The molecule has 1 aromatic carbocycles. The number of hydrogen-bond donors (Lipinski definition) is 1. The summed E-state index contributed by atoms with van der Waals surface area (Å²) in [7, 11) is 0. The second kappa shape index (κ2) is 10.5. The van der Waals surface area contributed by atoms with Gasteiger partial charge in [0.05, 0.1) is 11.4 Å². The summed E-state index contributed by atoms with van der Waals surface area (Å²) in [6, 6.07) is 15.9. The number of carbonyl (C=O) groups is 2. The number of likely N-dealkylation sites (tertiary alicyclic amines) is 1. The van der Waals surface area contributed by atoms with Crippen molar-refractivity contribution in [1.29, 1.82) is 0 Å². The summed E-state index contributed by atoms with van der Waals surface area (Å²) in [4.78, 5) is 30.1. The Kier molecular flexibility index (Phi) is 7.47. The van der Waals surface area contributed by atoms with Gasteiger partial charge in [0.2, 0.25) is 5.91 Å². The molecule has 3 rings (SSSR count). The number of benzene rings is 1. The first kappa shape index (κ1) is 20.7. The van der Waals surface area contributed by atoms with Crippen LogP contribution in [-0.4, -0.2) is 46.4 Å². The summed E-state index contributed by atoms with van der Waals surface area (Å²) in [5.74, 6) is 0.125. The number of nitrogens with zero attached hydrogens (tertiary/aromatic N) is 2. The summed E-state index contributed by atoms with van der Waals surface area (Å²) in [5, 5.41) is 8.76. The van der Waals surface area contributed by atoms with Gasteiger partial charge in [-0.1, -0.05) is 36.4 Å². The number of amides is 1. The van der Waals surface area contributed by atoms with Gasteiger partial charge in [0, 0.05) is 19.2 Å². The third-order valence-electron chi connectivity index (χ3n) is 5.10. The second-order valence-corrected chi connectivity index (χ2v) is 7.14. The molecule has 2 heterocycles. The van der Waals surface area contributed by atoms with E-state index >= 15 is 0 Å². The highest BCUT2D eigenvalue weighted by Crippen LogP contribution is 2.27. The van der Waals surface area contributed by atoms with Crippen LogP contribution in [0.4, 0.5) is 0 Å². The van der Waals surface area contributed by atoms with Crippen LogP contribution in [0.25, 0.3) is 12.2 Å². The zero-order valence-corrected chi connectivity index (χ0v) is 16.4. The van der Waals surface area contributed by atoms with Gasteiger partial charge in [-0.05, 0) is 61.1 Å². The maximum absolute atomic E-state index is 12.6. The van der Waals surface area contributed by atoms with E-state index in [1.165, 1.54) is 11.6 Å². The average Bonchev–Trinajstić information content (AvgIpc) is 3.03. The van der Waals surface area contributed by atoms with Gasteiger partial charge < -0.3 is 10.0 Å². The van der Waals surface area contributed by atoms with Crippen molar-refractivity contribution in [3.05, 3.63) is 77.6 Å². The molecule has 1 aliphatic heterocycles. The summed E-state index contributed by atoms with van der Waals surface area (Å²) >= 11 is 0. The molecule has 0 bridgehead atoms. The molecule has 150 valence electrons. The van der Waals surface area contributed by atoms with E-state index in [1.807, 2.05) is 23.1 Å². The molecule has 2 aromatic rings. The van der Waals surface area contributed by atoms with Crippen molar-refractivity contribution in [2.75, 3.05) is 19.7 Å². The zero-order chi connectivity index (χ0) is 20.5. The number of hydrogen-bond acceptors (Lipinski definition) is 4. The molecule has 1 aromatic heterocycles. The number of pyridine rings is 1. The Morgan fingerprint density at radius 2 is 1.69 bits per heavy atom. The topological polar surface area (TPSA) is 70.5 Å². The van der Waals surface area contributed by atoms with Crippen LogP contribution in [0, 0.1) is 0 Å². The highest BCUT2D eigenvalue weighted by Gasteiger charge is 2.20. The number of aliphatic hydroxyl groups is 1. The summed E-state index contributed by atoms with van der Waals surface area (Å²) < 4.78 is 0. The fraction of sp³-hybridized carbons (Fsp3) is 0.292. The number of ketones is 1. The molecular formula is C24H26N2O3. The predicted molar refractivity (Wildman–Crippen MR) is 114 cm³/mol. The maximum Gasteiger partial charge on any atom is 0.246 e. The lowest BCUT2D eigenvalue weighted by atomic mass is 9.92. The van der Waals surface area contributed by atoms with E-state index < -0.39 is 6.61 Å². The number of aliphatic hydroxyl groups excluding tert-OH is 1. The second-order valence-electron chi connectivity index (χ2n) is 7.14. The Morgan fingerprint density at radius 1 is 0.966 bits per heavy atom. The summed E-state index contributed by atoms with van der Waals surface area (Å²) in [6.07, 6.45) is 9.18. The molecule has 0 saturated carbocycles. The molecule has 1 amide bonds. The van der Waals surface area contributed by atoms with E-state index in [4.69, 9.17) is 5.11 Å². The molecule has 1 saturated heterocycles. The Labute approximate surface area is 171 Å². The molecule has 1 unspecified atom stereocenters. The van der Waals surface area contributed by atoms with Crippen LogP contribution in [0.3, 0.4) is 0 Å². The highest BCUT2D eigenvalue weighted by molar-refractivity contribution is 5.94. The van der Waals surface area contributed by atoms with Crippen LogP contribution in [0.1, 0.15) is 42.1 Å².